The van der Waals surface area contributed by atoms with Crippen LogP contribution in [0.3, 0.4) is 0 Å². The third-order valence-electron chi connectivity index (χ3n) is 3.46. The average molecular weight is 276 g/mol. The zero-order valence-corrected chi connectivity index (χ0v) is 12.9. The lowest BCUT2D eigenvalue weighted by molar-refractivity contribution is 0.0751. The molecule has 0 bridgehead atoms. The Labute approximate surface area is 123 Å². The summed E-state index contributed by atoms with van der Waals surface area (Å²) >= 11 is 0. The molecule has 0 radical (unpaired) electrons. The van der Waals surface area contributed by atoms with Crippen LogP contribution < -0.4 is 5.73 Å². The van der Waals surface area contributed by atoms with E-state index in [4.69, 9.17) is 5.73 Å². The van der Waals surface area contributed by atoms with Crippen LogP contribution in [0.25, 0.3) is 0 Å². The van der Waals surface area contributed by atoms with Gasteiger partial charge >= 0.3 is 0 Å². The molecule has 1 aromatic carbocycles. The van der Waals surface area contributed by atoms with Crippen molar-refractivity contribution >= 4 is 5.91 Å². The lowest BCUT2D eigenvalue weighted by Gasteiger charge is -2.22. The van der Waals surface area contributed by atoms with E-state index in [0.29, 0.717) is 6.54 Å². The van der Waals surface area contributed by atoms with Crippen molar-refractivity contribution < 1.29 is 4.79 Å². The van der Waals surface area contributed by atoms with Gasteiger partial charge in [0.15, 0.2) is 0 Å². The van der Waals surface area contributed by atoms with Gasteiger partial charge in [0.05, 0.1) is 0 Å². The molecule has 1 amide bonds. The first-order valence-corrected chi connectivity index (χ1v) is 7.81. The van der Waals surface area contributed by atoms with E-state index < -0.39 is 0 Å². The molecule has 0 saturated heterocycles. The van der Waals surface area contributed by atoms with Gasteiger partial charge in [-0.3, -0.25) is 4.79 Å². The van der Waals surface area contributed by atoms with Crippen molar-refractivity contribution in [3.05, 3.63) is 35.4 Å². The Bertz CT molecular complexity index is 396. The van der Waals surface area contributed by atoms with E-state index in [1.54, 1.807) is 0 Å². The molecule has 0 aliphatic carbocycles. The maximum absolute atomic E-state index is 12.6. The summed E-state index contributed by atoms with van der Waals surface area (Å²) in [6.07, 6.45) is 5.19. The predicted octanol–water partition coefficient (Wildman–Crippen LogP) is 3.23. The van der Waals surface area contributed by atoms with Gasteiger partial charge in [0, 0.05) is 18.7 Å². The van der Waals surface area contributed by atoms with E-state index in [0.717, 1.165) is 56.3 Å². The van der Waals surface area contributed by atoms with Gasteiger partial charge in [-0.05, 0) is 43.5 Å². The standard InChI is InChI=1S/C17H28N2O/c1-3-5-12-19(13-6-4-2)17(20)16-9-7-8-15(14-16)10-11-18/h7-9,14H,3-6,10-13,18H2,1-2H3. The van der Waals surface area contributed by atoms with Crippen molar-refractivity contribution in [3.8, 4) is 0 Å². The highest BCUT2D eigenvalue weighted by molar-refractivity contribution is 5.94. The summed E-state index contributed by atoms with van der Waals surface area (Å²) in [7, 11) is 0. The topological polar surface area (TPSA) is 46.3 Å². The molecule has 3 heteroatoms. The van der Waals surface area contributed by atoms with Crippen molar-refractivity contribution in [2.24, 2.45) is 5.73 Å². The smallest absolute Gasteiger partial charge is 0.253 e. The van der Waals surface area contributed by atoms with Crippen LogP contribution in [0, 0.1) is 0 Å². The summed E-state index contributed by atoms with van der Waals surface area (Å²) in [5, 5.41) is 0. The van der Waals surface area contributed by atoms with Gasteiger partial charge in [0.1, 0.15) is 0 Å². The van der Waals surface area contributed by atoms with Crippen LogP contribution in [-0.4, -0.2) is 30.4 Å². The van der Waals surface area contributed by atoms with Crippen LogP contribution in [-0.2, 0) is 6.42 Å². The Hall–Kier alpha value is -1.35. The fourth-order valence-corrected chi connectivity index (χ4v) is 2.22. The molecule has 0 heterocycles. The molecule has 0 saturated carbocycles. The largest absolute Gasteiger partial charge is 0.339 e. The Morgan fingerprint density at radius 1 is 1.15 bits per heavy atom. The summed E-state index contributed by atoms with van der Waals surface area (Å²) in [6.45, 7) is 6.65. The molecule has 0 atom stereocenters. The number of nitrogens with two attached hydrogens (primary N) is 1. The monoisotopic (exact) mass is 276 g/mol. The molecule has 20 heavy (non-hydrogen) atoms. The summed E-state index contributed by atoms with van der Waals surface area (Å²) in [6, 6.07) is 7.88. The maximum Gasteiger partial charge on any atom is 0.253 e. The fourth-order valence-electron chi connectivity index (χ4n) is 2.22. The molecule has 3 nitrogen and oxygen atoms in total. The van der Waals surface area contributed by atoms with Gasteiger partial charge in [0.25, 0.3) is 5.91 Å². The first-order chi connectivity index (χ1) is 9.72. The number of unbranched alkanes of at least 4 members (excludes halogenated alkanes) is 2. The minimum atomic E-state index is 0.158. The van der Waals surface area contributed by atoms with E-state index in [9.17, 15) is 4.79 Å². The third kappa shape index (κ3) is 5.33. The second-order valence-electron chi connectivity index (χ2n) is 5.24. The molecule has 112 valence electrons. The second kappa shape index (κ2) is 9.54. The number of hydrogen-bond donors (Lipinski definition) is 1. The van der Waals surface area contributed by atoms with Crippen LogP contribution in [0.2, 0.25) is 0 Å². The maximum atomic E-state index is 12.6. The van der Waals surface area contributed by atoms with Crippen LogP contribution in [0.5, 0.6) is 0 Å². The molecule has 0 aromatic heterocycles. The number of rotatable bonds is 9. The Balaban J connectivity index is 2.78. The molecule has 0 unspecified atom stereocenters. The molecule has 2 N–H and O–H groups in total. The Morgan fingerprint density at radius 3 is 2.35 bits per heavy atom. The average Bonchev–Trinajstić information content (AvgIpc) is 2.47. The number of hydrogen-bond acceptors (Lipinski definition) is 2. The van der Waals surface area contributed by atoms with Crippen LogP contribution in [0.1, 0.15) is 55.5 Å². The van der Waals surface area contributed by atoms with Gasteiger partial charge in [-0.15, -0.1) is 0 Å². The SMILES string of the molecule is CCCCN(CCCC)C(=O)c1cccc(CCN)c1. The van der Waals surface area contributed by atoms with Crippen LogP contribution >= 0.6 is 0 Å². The van der Waals surface area contributed by atoms with Crippen molar-refractivity contribution in [3.63, 3.8) is 0 Å². The zero-order valence-electron chi connectivity index (χ0n) is 12.9. The Kier molecular flexibility index (Phi) is 7.97. The van der Waals surface area contributed by atoms with Crippen LogP contribution in [0.15, 0.2) is 24.3 Å². The predicted molar refractivity (Wildman–Crippen MR) is 84.9 cm³/mol. The lowest BCUT2D eigenvalue weighted by Crippen LogP contribution is -2.33. The van der Waals surface area contributed by atoms with E-state index in [-0.39, 0.29) is 5.91 Å². The molecule has 0 fully saturated rings. The molecule has 0 aliphatic rings. The first kappa shape index (κ1) is 16.7. The Morgan fingerprint density at radius 2 is 1.80 bits per heavy atom. The van der Waals surface area contributed by atoms with Gasteiger partial charge in [0.2, 0.25) is 0 Å². The number of amides is 1. The van der Waals surface area contributed by atoms with Crippen molar-refractivity contribution in [2.45, 2.75) is 46.0 Å². The fraction of sp³-hybridized carbons (Fsp3) is 0.588. The number of benzene rings is 1. The van der Waals surface area contributed by atoms with Crippen molar-refractivity contribution in [1.82, 2.24) is 4.90 Å². The lowest BCUT2D eigenvalue weighted by atomic mass is 10.1. The highest BCUT2D eigenvalue weighted by Crippen LogP contribution is 2.11. The summed E-state index contributed by atoms with van der Waals surface area (Å²) in [5.41, 5.74) is 7.52. The molecular formula is C17H28N2O. The summed E-state index contributed by atoms with van der Waals surface area (Å²) < 4.78 is 0. The number of carbonyl (C=O) groups is 1. The molecule has 1 rings (SSSR count). The summed E-state index contributed by atoms with van der Waals surface area (Å²) in [4.78, 5) is 14.6. The van der Waals surface area contributed by atoms with E-state index in [1.165, 1.54) is 0 Å². The van der Waals surface area contributed by atoms with Gasteiger partial charge in [-0.1, -0.05) is 38.8 Å². The number of nitrogens with zero attached hydrogens (tertiary/aromatic N) is 1. The second-order valence-corrected chi connectivity index (χ2v) is 5.24. The normalized spacial score (nSPS) is 10.6. The number of carbonyl (C=O) groups excluding carboxylic acids is 1. The van der Waals surface area contributed by atoms with Crippen LogP contribution in [0.4, 0.5) is 0 Å². The summed E-state index contributed by atoms with van der Waals surface area (Å²) in [5.74, 6) is 0.158. The molecule has 0 aliphatic heterocycles. The molecular weight excluding hydrogens is 248 g/mol. The highest BCUT2D eigenvalue weighted by Gasteiger charge is 2.14. The molecule has 0 spiro atoms. The minimum absolute atomic E-state index is 0.158. The van der Waals surface area contributed by atoms with Gasteiger partial charge < -0.3 is 10.6 Å². The van der Waals surface area contributed by atoms with Gasteiger partial charge in [-0.2, -0.15) is 0 Å². The third-order valence-corrected chi connectivity index (χ3v) is 3.46. The zero-order chi connectivity index (χ0) is 14.8. The van der Waals surface area contributed by atoms with E-state index in [2.05, 4.69) is 13.8 Å². The quantitative estimate of drug-likeness (QED) is 0.752. The van der Waals surface area contributed by atoms with E-state index >= 15 is 0 Å². The first-order valence-electron chi connectivity index (χ1n) is 7.81. The van der Waals surface area contributed by atoms with Gasteiger partial charge in [-0.25, -0.2) is 0 Å². The minimum Gasteiger partial charge on any atom is -0.339 e. The highest BCUT2D eigenvalue weighted by atomic mass is 16.2. The van der Waals surface area contributed by atoms with Crippen molar-refractivity contribution in [2.75, 3.05) is 19.6 Å². The van der Waals surface area contributed by atoms with Crippen molar-refractivity contribution in [1.29, 1.82) is 0 Å². The van der Waals surface area contributed by atoms with E-state index in [1.807, 2.05) is 29.2 Å². The molecule has 1 aromatic rings.